The highest BCUT2D eigenvalue weighted by Crippen LogP contribution is 2.31. The lowest BCUT2D eigenvalue weighted by atomic mass is 10.1. The number of nitrogens with zero attached hydrogens (tertiary/aromatic N) is 2. The summed E-state index contributed by atoms with van der Waals surface area (Å²) >= 11 is 0. The minimum atomic E-state index is 0.444. The highest BCUT2D eigenvalue weighted by Gasteiger charge is 2.08. The minimum absolute atomic E-state index is 0.444. The summed E-state index contributed by atoms with van der Waals surface area (Å²) in [6, 6.07) is 5.60. The summed E-state index contributed by atoms with van der Waals surface area (Å²) in [5.41, 5.74) is 8.02. The van der Waals surface area contributed by atoms with Gasteiger partial charge in [0.15, 0.2) is 11.5 Å². The number of nitrogens with two attached hydrogens (primary N) is 1. The fraction of sp³-hybridized carbons (Fsp3) is 0.231. The predicted octanol–water partition coefficient (Wildman–Crippen LogP) is 2.05. The molecular formula is C13H15N3O2. The van der Waals surface area contributed by atoms with E-state index in [1.54, 1.807) is 20.4 Å². The number of hydrogen-bond donors (Lipinski definition) is 1. The van der Waals surface area contributed by atoms with Gasteiger partial charge in [0.2, 0.25) is 0 Å². The molecule has 2 rings (SSSR count). The minimum Gasteiger partial charge on any atom is -0.493 e. The summed E-state index contributed by atoms with van der Waals surface area (Å²) in [5.74, 6) is 1.78. The average molecular weight is 245 g/mol. The summed E-state index contributed by atoms with van der Waals surface area (Å²) in [5, 5.41) is 0. The molecule has 0 aliphatic rings. The molecule has 2 aromatic rings. The Labute approximate surface area is 106 Å². The Morgan fingerprint density at radius 1 is 1.11 bits per heavy atom. The lowest BCUT2D eigenvalue weighted by Gasteiger charge is -2.09. The number of aromatic nitrogens is 2. The summed E-state index contributed by atoms with van der Waals surface area (Å²) in [6.07, 6.45) is 1.64. The van der Waals surface area contributed by atoms with Crippen molar-refractivity contribution >= 4 is 5.82 Å². The average Bonchev–Trinajstić information content (AvgIpc) is 2.41. The van der Waals surface area contributed by atoms with Gasteiger partial charge in [0.1, 0.15) is 5.82 Å². The van der Waals surface area contributed by atoms with Gasteiger partial charge >= 0.3 is 0 Å². The van der Waals surface area contributed by atoms with E-state index in [9.17, 15) is 0 Å². The van der Waals surface area contributed by atoms with Gasteiger partial charge in [-0.2, -0.15) is 0 Å². The molecule has 0 atom stereocenters. The molecule has 1 aromatic heterocycles. The van der Waals surface area contributed by atoms with Crippen molar-refractivity contribution in [2.75, 3.05) is 20.0 Å². The van der Waals surface area contributed by atoms with Crippen molar-refractivity contribution < 1.29 is 9.47 Å². The molecule has 2 N–H and O–H groups in total. The van der Waals surface area contributed by atoms with E-state index in [0.717, 1.165) is 11.3 Å². The van der Waals surface area contributed by atoms with Gasteiger partial charge in [-0.25, -0.2) is 9.97 Å². The SMILES string of the molecule is COc1ccc(-c2cnc(N)c(C)n2)cc1OC. The number of aryl methyl sites for hydroxylation is 1. The molecule has 1 aromatic carbocycles. The maximum absolute atomic E-state index is 5.65. The third-order valence-electron chi connectivity index (χ3n) is 2.66. The van der Waals surface area contributed by atoms with Gasteiger partial charge in [0, 0.05) is 5.56 Å². The van der Waals surface area contributed by atoms with Gasteiger partial charge in [-0.1, -0.05) is 0 Å². The zero-order valence-corrected chi connectivity index (χ0v) is 10.6. The maximum Gasteiger partial charge on any atom is 0.161 e. The van der Waals surface area contributed by atoms with Crippen molar-refractivity contribution in [2.45, 2.75) is 6.92 Å². The molecule has 94 valence electrons. The summed E-state index contributed by atoms with van der Waals surface area (Å²) < 4.78 is 10.4. The lowest BCUT2D eigenvalue weighted by Crippen LogP contribution is -1.98. The van der Waals surface area contributed by atoms with E-state index in [2.05, 4.69) is 9.97 Å². The van der Waals surface area contributed by atoms with Crippen LogP contribution in [-0.4, -0.2) is 24.2 Å². The van der Waals surface area contributed by atoms with Crippen LogP contribution in [0, 0.1) is 6.92 Å². The van der Waals surface area contributed by atoms with E-state index < -0.39 is 0 Å². The van der Waals surface area contributed by atoms with Crippen molar-refractivity contribution in [3.63, 3.8) is 0 Å². The van der Waals surface area contributed by atoms with Crippen molar-refractivity contribution in [3.8, 4) is 22.8 Å². The topological polar surface area (TPSA) is 70.3 Å². The smallest absolute Gasteiger partial charge is 0.161 e. The zero-order valence-electron chi connectivity index (χ0n) is 10.6. The molecule has 0 bridgehead atoms. The molecule has 0 amide bonds. The number of benzene rings is 1. The largest absolute Gasteiger partial charge is 0.493 e. The van der Waals surface area contributed by atoms with Gasteiger partial charge in [-0.15, -0.1) is 0 Å². The van der Waals surface area contributed by atoms with Crippen LogP contribution in [0.3, 0.4) is 0 Å². The van der Waals surface area contributed by atoms with Crippen molar-refractivity contribution in [2.24, 2.45) is 0 Å². The first kappa shape index (κ1) is 12.2. The summed E-state index contributed by atoms with van der Waals surface area (Å²) in [6.45, 7) is 1.83. The maximum atomic E-state index is 5.65. The fourth-order valence-electron chi connectivity index (χ4n) is 1.63. The monoisotopic (exact) mass is 245 g/mol. The predicted molar refractivity (Wildman–Crippen MR) is 69.7 cm³/mol. The molecular weight excluding hydrogens is 230 g/mol. The molecule has 0 aliphatic heterocycles. The highest BCUT2D eigenvalue weighted by atomic mass is 16.5. The first-order valence-corrected chi connectivity index (χ1v) is 5.47. The molecule has 0 spiro atoms. The number of methoxy groups -OCH3 is 2. The van der Waals surface area contributed by atoms with Crippen LogP contribution in [0.15, 0.2) is 24.4 Å². The molecule has 5 heteroatoms. The van der Waals surface area contributed by atoms with Gasteiger partial charge in [0.25, 0.3) is 0 Å². The first-order chi connectivity index (χ1) is 8.65. The van der Waals surface area contributed by atoms with Crippen molar-refractivity contribution in [3.05, 3.63) is 30.1 Å². The van der Waals surface area contributed by atoms with Crippen LogP contribution in [-0.2, 0) is 0 Å². The third kappa shape index (κ3) is 2.20. The van der Waals surface area contributed by atoms with E-state index >= 15 is 0 Å². The number of hydrogen-bond acceptors (Lipinski definition) is 5. The Bertz CT molecular complexity index is 570. The molecule has 0 saturated heterocycles. The van der Waals surface area contributed by atoms with Crippen LogP contribution in [0.2, 0.25) is 0 Å². The van der Waals surface area contributed by atoms with Gasteiger partial charge in [0.05, 0.1) is 31.8 Å². The van der Waals surface area contributed by atoms with Crippen LogP contribution < -0.4 is 15.2 Å². The molecule has 0 unspecified atom stereocenters. The molecule has 0 radical (unpaired) electrons. The van der Waals surface area contributed by atoms with E-state index in [0.29, 0.717) is 23.0 Å². The zero-order chi connectivity index (χ0) is 13.1. The summed E-state index contributed by atoms with van der Waals surface area (Å²) in [4.78, 5) is 8.49. The molecule has 0 aliphatic carbocycles. The van der Waals surface area contributed by atoms with E-state index in [4.69, 9.17) is 15.2 Å². The van der Waals surface area contributed by atoms with Crippen LogP contribution >= 0.6 is 0 Å². The van der Waals surface area contributed by atoms with E-state index in [-0.39, 0.29) is 0 Å². The van der Waals surface area contributed by atoms with Crippen LogP contribution in [0.5, 0.6) is 11.5 Å². The Morgan fingerprint density at radius 3 is 2.44 bits per heavy atom. The lowest BCUT2D eigenvalue weighted by molar-refractivity contribution is 0.355. The quantitative estimate of drug-likeness (QED) is 0.896. The first-order valence-electron chi connectivity index (χ1n) is 5.47. The number of nitrogen functional groups attached to an aromatic ring is 1. The molecule has 5 nitrogen and oxygen atoms in total. The molecule has 1 heterocycles. The van der Waals surface area contributed by atoms with E-state index in [1.165, 1.54) is 0 Å². The molecule has 0 saturated carbocycles. The van der Waals surface area contributed by atoms with Crippen LogP contribution in [0.1, 0.15) is 5.69 Å². The second-order valence-corrected chi connectivity index (χ2v) is 3.80. The van der Waals surface area contributed by atoms with Gasteiger partial charge in [-0.3, -0.25) is 0 Å². The summed E-state index contributed by atoms with van der Waals surface area (Å²) in [7, 11) is 3.20. The normalized spacial score (nSPS) is 10.2. The highest BCUT2D eigenvalue weighted by molar-refractivity contribution is 5.64. The Balaban J connectivity index is 2.47. The van der Waals surface area contributed by atoms with Gasteiger partial charge < -0.3 is 15.2 Å². The Kier molecular flexibility index (Phi) is 3.32. The van der Waals surface area contributed by atoms with Crippen molar-refractivity contribution in [1.82, 2.24) is 9.97 Å². The molecule has 18 heavy (non-hydrogen) atoms. The number of anilines is 1. The second-order valence-electron chi connectivity index (χ2n) is 3.80. The second kappa shape index (κ2) is 4.91. The Morgan fingerprint density at radius 2 is 1.83 bits per heavy atom. The fourth-order valence-corrected chi connectivity index (χ4v) is 1.63. The Hall–Kier alpha value is -2.30. The third-order valence-corrected chi connectivity index (χ3v) is 2.66. The van der Waals surface area contributed by atoms with Crippen molar-refractivity contribution in [1.29, 1.82) is 0 Å². The van der Waals surface area contributed by atoms with Crippen LogP contribution in [0.25, 0.3) is 11.3 Å². The number of rotatable bonds is 3. The van der Waals surface area contributed by atoms with Gasteiger partial charge in [-0.05, 0) is 25.1 Å². The van der Waals surface area contributed by atoms with E-state index in [1.807, 2.05) is 25.1 Å². The number of ether oxygens (including phenoxy) is 2. The standard InChI is InChI=1S/C13H15N3O2/c1-8-13(14)15-7-10(16-8)9-4-5-11(17-2)12(6-9)18-3/h4-7H,1-3H3,(H2,14,15). The van der Waals surface area contributed by atoms with Crippen LogP contribution in [0.4, 0.5) is 5.82 Å². The molecule has 0 fully saturated rings.